The molecule has 9 nitrogen and oxygen atoms in total. The number of carbonyl (C=O) groups is 3. The minimum Gasteiger partial charge on any atom is -0.450 e. The number of nitriles is 1. The predicted molar refractivity (Wildman–Crippen MR) is 179 cm³/mol. The summed E-state index contributed by atoms with van der Waals surface area (Å²) in [7, 11) is 0. The van der Waals surface area contributed by atoms with E-state index in [-0.39, 0.29) is 11.8 Å². The minimum atomic E-state index is -1.83. The maximum absolute atomic E-state index is 14.5. The molecule has 0 spiro atoms. The second kappa shape index (κ2) is 17.2. The van der Waals surface area contributed by atoms with Crippen molar-refractivity contribution in [2.24, 2.45) is 5.92 Å². The van der Waals surface area contributed by atoms with E-state index in [1.807, 2.05) is 55.5 Å². The van der Waals surface area contributed by atoms with E-state index in [9.17, 15) is 14.9 Å². The van der Waals surface area contributed by atoms with Gasteiger partial charge in [0, 0.05) is 23.0 Å². The zero-order valence-corrected chi connectivity index (χ0v) is 27.7. The van der Waals surface area contributed by atoms with Crippen molar-refractivity contribution in [3.63, 3.8) is 0 Å². The fourth-order valence-electron chi connectivity index (χ4n) is 6.33. The molecule has 2 fully saturated rings. The molecule has 2 amide bonds. The van der Waals surface area contributed by atoms with Crippen LogP contribution >= 0.6 is 23.2 Å². The first-order valence-electron chi connectivity index (χ1n) is 15.8. The van der Waals surface area contributed by atoms with Crippen molar-refractivity contribution in [1.29, 1.82) is 5.26 Å². The molecule has 3 N–H and O–H groups in total. The fraction of sp³-hybridized carbons (Fsp3) is 0.389. The highest BCUT2D eigenvalue weighted by Gasteiger charge is 2.48. The second-order valence-corrected chi connectivity index (χ2v) is 12.7. The lowest BCUT2D eigenvalue weighted by Gasteiger charge is -2.48. The highest BCUT2D eigenvalue weighted by atomic mass is 35.5. The SMILES string of the molecule is CCC[C@H](C(=O)NCC1CCCC1)N1C(=O)[C@H](Cc2ccc(C#N)cc2)O[C@@H](c2ccc(Cl)cc2)[C@H]1c1ccc(Cl)cc1.O=C(O)O. The Bertz CT molecular complexity index is 1530. The highest BCUT2D eigenvalue weighted by Crippen LogP contribution is 2.44. The monoisotopic (exact) mass is 679 g/mol. The first-order valence-corrected chi connectivity index (χ1v) is 16.5. The van der Waals surface area contributed by atoms with Crippen LogP contribution in [0.3, 0.4) is 0 Å². The summed E-state index contributed by atoms with van der Waals surface area (Å²) < 4.78 is 6.70. The van der Waals surface area contributed by atoms with Gasteiger partial charge in [0.2, 0.25) is 5.91 Å². The van der Waals surface area contributed by atoms with Gasteiger partial charge in [-0.25, -0.2) is 4.79 Å². The van der Waals surface area contributed by atoms with Crippen LogP contribution in [0.1, 0.15) is 79.8 Å². The number of rotatable bonds is 10. The van der Waals surface area contributed by atoms with Gasteiger partial charge in [0.25, 0.3) is 5.91 Å². The summed E-state index contributed by atoms with van der Waals surface area (Å²) in [4.78, 5) is 38.8. The summed E-state index contributed by atoms with van der Waals surface area (Å²) in [6.07, 6.45) is 2.94. The van der Waals surface area contributed by atoms with Crippen molar-refractivity contribution >= 4 is 41.2 Å². The van der Waals surface area contributed by atoms with Crippen LogP contribution in [-0.2, 0) is 20.7 Å². The van der Waals surface area contributed by atoms with Crippen molar-refractivity contribution in [2.75, 3.05) is 6.54 Å². The standard InChI is InChI=1S/C35H37Cl2N3O3.CH2O3/c1-2-5-30(34(41)39-22-25-6-3-4-7-25)40-32(26-12-16-28(36)17-13-26)33(27-14-18-29(37)19-15-27)43-31(35(40)42)20-23-8-10-24(21-38)11-9-23;2-1(3)4/h8-19,25,30-33H,2-7,20,22H2,1H3,(H,39,41);(H2,2,3,4)/t30-,31+,32-,33+;/m1./s1. The molecular formula is C36H39Cl2N3O6. The van der Waals surface area contributed by atoms with Crippen molar-refractivity contribution in [3.8, 4) is 6.07 Å². The van der Waals surface area contributed by atoms with Crippen LogP contribution in [0.2, 0.25) is 10.0 Å². The lowest BCUT2D eigenvalue weighted by molar-refractivity contribution is -0.181. The third-order valence-corrected chi connectivity index (χ3v) is 9.09. The maximum Gasteiger partial charge on any atom is 0.503 e. The zero-order chi connectivity index (χ0) is 33.9. The average molecular weight is 681 g/mol. The third-order valence-electron chi connectivity index (χ3n) is 8.58. The molecule has 1 aliphatic carbocycles. The number of amides is 2. The minimum absolute atomic E-state index is 0.130. The molecule has 1 aliphatic heterocycles. The third kappa shape index (κ3) is 9.71. The van der Waals surface area contributed by atoms with Gasteiger partial charge in [-0.2, -0.15) is 5.26 Å². The molecule has 1 heterocycles. The van der Waals surface area contributed by atoms with Crippen molar-refractivity contribution < 1.29 is 29.3 Å². The van der Waals surface area contributed by atoms with E-state index in [2.05, 4.69) is 11.4 Å². The fourth-order valence-corrected chi connectivity index (χ4v) is 6.58. The first-order chi connectivity index (χ1) is 22.6. The molecule has 248 valence electrons. The van der Waals surface area contributed by atoms with Gasteiger partial charge in [0.15, 0.2) is 0 Å². The largest absolute Gasteiger partial charge is 0.503 e. The lowest BCUT2D eigenvalue weighted by Crippen LogP contribution is -2.59. The number of carbonyl (C=O) groups excluding carboxylic acids is 2. The Labute approximate surface area is 285 Å². The van der Waals surface area contributed by atoms with Gasteiger partial charge in [0.05, 0.1) is 17.7 Å². The van der Waals surface area contributed by atoms with E-state index in [4.69, 9.17) is 42.9 Å². The Hall–Kier alpha value is -4.10. The maximum atomic E-state index is 14.5. The summed E-state index contributed by atoms with van der Waals surface area (Å²) in [6.45, 7) is 2.66. The van der Waals surface area contributed by atoms with Crippen LogP contribution in [0.5, 0.6) is 0 Å². The average Bonchev–Trinajstić information content (AvgIpc) is 3.58. The Morgan fingerprint density at radius 1 is 0.957 bits per heavy atom. The van der Waals surface area contributed by atoms with E-state index >= 15 is 0 Å². The Balaban J connectivity index is 0.00000118. The number of carboxylic acid groups (broad SMARTS) is 2. The van der Waals surface area contributed by atoms with Crippen LogP contribution in [0.4, 0.5) is 4.79 Å². The van der Waals surface area contributed by atoms with E-state index in [1.54, 1.807) is 29.2 Å². The van der Waals surface area contributed by atoms with Gasteiger partial charge < -0.3 is 25.2 Å². The summed E-state index contributed by atoms with van der Waals surface area (Å²) in [5.41, 5.74) is 3.10. The number of halogens is 2. The molecule has 0 unspecified atom stereocenters. The van der Waals surface area contributed by atoms with Gasteiger partial charge in [-0.1, -0.05) is 85.8 Å². The summed E-state index contributed by atoms with van der Waals surface area (Å²) in [5, 5.41) is 27.6. The van der Waals surface area contributed by atoms with Crippen molar-refractivity contribution in [1.82, 2.24) is 10.2 Å². The van der Waals surface area contributed by atoms with Crippen LogP contribution in [0.25, 0.3) is 0 Å². The number of hydrogen-bond acceptors (Lipinski definition) is 5. The van der Waals surface area contributed by atoms with E-state index in [0.29, 0.717) is 40.9 Å². The van der Waals surface area contributed by atoms with Gasteiger partial charge in [-0.3, -0.25) is 9.59 Å². The van der Waals surface area contributed by atoms with Crippen LogP contribution in [0.15, 0.2) is 72.8 Å². The molecule has 4 atom stereocenters. The molecule has 1 saturated heterocycles. The molecule has 1 saturated carbocycles. The molecule has 3 aromatic carbocycles. The Morgan fingerprint density at radius 2 is 1.51 bits per heavy atom. The normalized spacial score (nSPS) is 20.1. The summed E-state index contributed by atoms with van der Waals surface area (Å²) >= 11 is 12.5. The van der Waals surface area contributed by atoms with E-state index < -0.39 is 30.4 Å². The van der Waals surface area contributed by atoms with Gasteiger partial charge in [0.1, 0.15) is 18.2 Å². The number of hydrogen-bond donors (Lipinski definition) is 3. The van der Waals surface area contributed by atoms with E-state index in [0.717, 1.165) is 36.0 Å². The second-order valence-electron chi connectivity index (χ2n) is 11.8. The summed E-state index contributed by atoms with van der Waals surface area (Å²) in [6, 6.07) is 22.9. The number of benzene rings is 3. The van der Waals surface area contributed by atoms with Gasteiger partial charge >= 0.3 is 6.16 Å². The number of nitrogens with one attached hydrogen (secondary N) is 1. The van der Waals surface area contributed by atoms with Crippen LogP contribution in [0, 0.1) is 17.2 Å². The molecular weight excluding hydrogens is 641 g/mol. The van der Waals surface area contributed by atoms with Crippen molar-refractivity contribution in [3.05, 3.63) is 105 Å². The molecule has 0 radical (unpaired) electrons. The predicted octanol–water partition coefficient (Wildman–Crippen LogP) is 7.82. The highest BCUT2D eigenvalue weighted by molar-refractivity contribution is 6.30. The topological polar surface area (TPSA) is 140 Å². The molecule has 5 rings (SSSR count). The number of ether oxygens (including phenoxy) is 1. The zero-order valence-electron chi connectivity index (χ0n) is 26.1. The molecule has 11 heteroatoms. The van der Waals surface area contributed by atoms with Crippen LogP contribution in [-0.4, -0.2) is 51.8 Å². The Morgan fingerprint density at radius 3 is 2.04 bits per heavy atom. The number of nitrogens with zero attached hydrogens (tertiary/aromatic N) is 2. The molecule has 0 bridgehead atoms. The lowest BCUT2D eigenvalue weighted by atomic mass is 9.88. The quantitative estimate of drug-likeness (QED) is 0.198. The molecule has 47 heavy (non-hydrogen) atoms. The van der Waals surface area contributed by atoms with Gasteiger partial charge in [-0.15, -0.1) is 0 Å². The number of morpholine rings is 1. The first kappa shape index (κ1) is 35.7. The van der Waals surface area contributed by atoms with Gasteiger partial charge in [-0.05, 0) is 78.3 Å². The molecule has 3 aromatic rings. The molecule has 2 aliphatic rings. The Kier molecular flexibility index (Phi) is 13.1. The van der Waals surface area contributed by atoms with E-state index in [1.165, 1.54) is 12.8 Å². The van der Waals surface area contributed by atoms with Crippen LogP contribution < -0.4 is 5.32 Å². The molecule has 0 aromatic heterocycles. The van der Waals surface area contributed by atoms with Crippen molar-refractivity contribution in [2.45, 2.75) is 76.2 Å². The smallest absolute Gasteiger partial charge is 0.450 e. The summed E-state index contributed by atoms with van der Waals surface area (Å²) in [5.74, 6) is 0.114.